The predicted octanol–water partition coefficient (Wildman–Crippen LogP) is 4.94. The third-order valence-corrected chi connectivity index (χ3v) is 6.03. The van der Waals surface area contributed by atoms with Crippen molar-refractivity contribution in [3.8, 4) is 0 Å². The van der Waals surface area contributed by atoms with E-state index in [2.05, 4.69) is 40.0 Å². The molecule has 4 rings (SSSR count). The average Bonchev–Trinajstić information content (AvgIpc) is 3.05. The smallest absolute Gasteiger partial charge is 0.230 e. The Kier molecular flexibility index (Phi) is 6.73. The molecule has 8 heteroatoms. The lowest BCUT2D eigenvalue weighted by Crippen LogP contribution is -2.27. The van der Waals surface area contributed by atoms with Crippen LogP contribution in [0.2, 0.25) is 5.02 Å². The van der Waals surface area contributed by atoms with E-state index < -0.39 is 0 Å². The van der Waals surface area contributed by atoms with Gasteiger partial charge in [-0.05, 0) is 36.1 Å². The number of benzene rings is 2. The van der Waals surface area contributed by atoms with Crippen molar-refractivity contribution < 1.29 is 4.79 Å². The number of halogens is 1. The first-order valence-corrected chi connectivity index (χ1v) is 11.6. The van der Waals surface area contributed by atoms with Crippen LogP contribution in [0.3, 0.4) is 0 Å². The molecule has 31 heavy (non-hydrogen) atoms. The molecule has 0 atom stereocenters. The van der Waals surface area contributed by atoms with Crippen molar-refractivity contribution in [1.29, 1.82) is 0 Å². The summed E-state index contributed by atoms with van der Waals surface area (Å²) in [6.45, 7) is 5.57. The Morgan fingerprint density at radius 2 is 2.00 bits per heavy atom. The van der Waals surface area contributed by atoms with Gasteiger partial charge in [-0.15, -0.1) is 10.2 Å². The Balaban J connectivity index is 1.60. The van der Waals surface area contributed by atoms with E-state index in [1.807, 2.05) is 42.5 Å². The molecule has 0 spiro atoms. The quantitative estimate of drug-likeness (QED) is 0.383. The minimum atomic E-state index is -0.0196. The maximum Gasteiger partial charge on any atom is 0.230 e. The van der Waals surface area contributed by atoms with E-state index in [0.717, 1.165) is 34.1 Å². The number of nitrogens with one attached hydrogen (secondary N) is 1. The minimum Gasteiger partial charge on any atom is -0.355 e. The predicted molar refractivity (Wildman–Crippen MR) is 127 cm³/mol. The van der Waals surface area contributed by atoms with Gasteiger partial charge < -0.3 is 9.88 Å². The molecule has 0 radical (unpaired) electrons. The van der Waals surface area contributed by atoms with Crippen LogP contribution >= 0.6 is 23.4 Å². The van der Waals surface area contributed by atoms with E-state index >= 15 is 0 Å². The van der Waals surface area contributed by atoms with Gasteiger partial charge in [0.05, 0.1) is 11.3 Å². The fourth-order valence-corrected chi connectivity index (χ4v) is 4.23. The van der Waals surface area contributed by atoms with E-state index in [1.54, 1.807) is 0 Å². The number of hydrogen-bond acceptors (Lipinski definition) is 5. The SMILES string of the molecule is CC(C)CCNC(=O)CSc1nnc2c3ccccc3n(Cc3cccc(Cl)c3)c2n1. The van der Waals surface area contributed by atoms with Gasteiger partial charge in [-0.3, -0.25) is 4.79 Å². The summed E-state index contributed by atoms with van der Waals surface area (Å²) >= 11 is 7.48. The molecule has 0 aliphatic heterocycles. The molecule has 2 aromatic heterocycles. The number of carbonyl (C=O) groups excluding carboxylic acids is 1. The summed E-state index contributed by atoms with van der Waals surface area (Å²) in [4.78, 5) is 16.9. The molecular formula is C23H24ClN5OS. The number of carbonyl (C=O) groups is 1. The number of nitrogens with zero attached hydrogens (tertiary/aromatic N) is 4. The summed E-state index contributed by atoms with van der Waals surface area (Å²) in [5.41, 5.74) is 3.61. The van der Waals surface area contributed by atoms with Gasteiger partial charge >= 0.3 is 0 Å². The number of amides is 1. The fourth-order valence-electron chi connectivity index (χ4n) is 3.41. The first-order valence-electron chi connectivity index (χ1n) is 10.3. The Morgan fingerprint density at radius 3 is 2.81 bits per heavy atom. The molecule has 160 valence electrons. The van der Waals surface area contributed by atoms with Gasteiger partial charge in [0.25, 0.3) is 0 Å². The lowest BCUT2D eigenvalue weighted by molar-refractivity contribution is -0.118. The van der Waals surface area contributed by atoms with E-state index in [9.17, 15) is 4.79 Å². The lowest BCUT2D eigenvalue weighted by atomic mass is 10.1. The molecule has 1 N–H and O–H groups in total. The molecule has 0 aliphatic carbocycles. The number of rotatable bonds is 8. The molecule has 0 unspecified atom stereocenters. The van der Waals surface area contributed by atoms with Gasteiger partial charge in [-0.1, -0.05) is 67.5 Å². The van der Waals surface area contributed by atoms with Crippen molar-refractivity contribution in [2.75, 3.05) is 12.3 Å². The molecule has 0 fully saturated rings. The highest BCUT2D eigenvalue weighted by atomic mass is 35.5. The Labute approximate surface area is 190 Å². The third-order valence-electron chi connectivity index (χ3n) is 4.96. The molecule has 4 aromatic rings. The Morgan fingerprint density at radius 1 is 1.16 bits per heavy atom. The van der Waals surface area contributed by atoms with Crippen LogP contribution in [0, 0.1) is 5.92 Å². The summed E-state index contributed by atoms with van der Waals surface area (Å²) in [7, 11) is 0. The van der Waals surface area contributed by atoms with Gasteiger partial charge in [0.2, 0.25) is 11.1 Å². The highest BCUT2D eigenvalue weighted by Crippen LogP contribution is 2.28. The van der Waals surface area contributed by atoms with Crippen LogP contribution < -0.4 is 5.32 Å². The second-order valence-electron chi connectivity index (χ2n) is 7.82. The maximum absolute atomic E-state index is 12.1. The molecule has 0 saturated carbocycles. The highest BCUT2D eigenvalue weighted by molar-refractivity contribution is 7.99. The molecule has 6 nitrogen and oxygen atoms in total. The van der Waals surface area contributed by atoms with Crippen LogP contribution in [0.5, 0.6) is 0 Å². The Bertz CT molecular complexity index is 1220. The normalized spacial score (nSPS) is 11.5. The Hall–Kier alpha value is -2.64. The fraction of sp³-hybridized carbons (Fsp3) is 0.304. The van der Waals surface area contributed by atoms with Crippen molar-refractivity contribution in [1.82, 2.24) is 25.1 Å². The van der Waals surface area contributed by atoms with Gasteiger partial charge in [0.15, 0.2) is 5.65 Å². The maximum atomic E-state index is 12.1. The van der Waals surface area contributed by atoms with Gasteiger partial charge in [0, 0.05) is 23.5 Å². The summed E-state index contributed by atoms with van der Waals surface area (Å²) < 4.78 is 2.12. The topological polar surface area (TPSA) is 72.7 Å². The summed E-state index contributed by atoms with van der Waals surface area (Å²) in [6, 6.07) is 15.9. The van der Waals surface area contributed by atoms with Crippen molar-refractivity contribution >= 4 is 51.3 Å². The van der Waals surface area contributed by atoms with Crippen LogP contribution in [0.1, 0.15) is 25.8 Å². The zero-order chi connectivity index (χ0) is 21.8. The van der Waals surface area contributed by atoms with E-state index in [-0.39, 0.29) is 11.7 Å². The average molecular weight is 454 g/mol. The zero-order valence-corrected chi connectivity index (χ0v) is 19.1. The number of aromatic nitrogens is 4. The number of fused-ring (bicyclic) bond motifs is 3. The second-order valence-corrected chi connectivity index (χ2v) is 9.20. The lowest BCUT2D eigenvalue weighted by Gasteiger charge is -2.08. The zero-order valence-electron chi connectivity index (χ0n) is 17.5. The monoisotopic (exact) mass is 453 g/mol. The molecule has 0 saturated heterocycles. The molecule has 0 aliphatic rings. The number of para-hydroxylation sites is 1. The molecule has 0 bridgehead atoms. The highest BCUT2D eigenvalue weighted by Gasteiger charge is 2.16. The largest absolute Gasteiger partial charge is 0.355 e. The van der Waals surface area contributed by atoms with Crippen LogP contribution in [0.25, 0.3) is 22.1 Å². The van der Waals surface area contributed by atoms with Gasteiger partial charge in [-0.2, -0.15) is 0 Å². The molecule has 2 aromatic carbocycles. The van der Waals surface area contributed by atoms with Gasteiger partial charge in [0.1, 0.15) is 5.52 Å². The summed E-state index contributed by atoms with van der Waals surface area (Å²) in [6.07, 6.45) is 0.962. The minimum absolute atomic E-state index is 0.0196. The summed E-state index contributed by atoms with van der Waals surface area (Å²) in [5, 5.41) is 13.8. The molecular weight excluding hydrogens is 430 g/mol. The summed E-state index contributed by atoms with van der Waals surface area (Å²) in [5.74, 6) is 0.804. The van der Waals surface area contributed by atoms with Crippen molar-refractivity contribution in [2.24, 2.45) is 5.92 Å². The van der Waals surface area contributed by atoms with Crippen molar-refractivity contribution in [2.45, 2.75) is 32.0 Å². The van der Waals surface area contributed by atoms with E-state index in [4.69, 9.17) is 16.6 Å². The van der Waals surface area contributed by atoms with Crippen molar-refractivity contribution in [3.63, 3.8) is 0 Å². The van der Waals surface area contributed by atoms with Crippen LogP contribution in [0.4, 0.5) is 0 Å². The van der Waals surface area contributed by atoms with Crippen LogP contribution in [0.15, 0.2) is 53.7 Å². The third kappa shape index (κ3) is 5.17. The van der Waals surface area contributed by atoms with Crippen LogP contribution in [-0.4, -0.2) is 38.0 Å². The molecule has 2 heterocycles. The molecule has 1 amide bonds. The first kappa shape index (κ1) is 21.6. The van der Waals surface area contributed by atoms with Crippen molar-refractivity contribution in [3.05, 3.63) is 59.1 Å². The van der Waals surface area contributed by atoms with E-state index in [0.29, 0.717) is 29.2 Å². The number of hydrogen-bond donors (Lipinski definition) is 1. The second kappa shape index (κ2) is 9.66. The standard InChI is InChI=1S/C23H24ClN5OS/c1-15(2)10-11-25-20(30)14-31-23-26-22-21(27-28-23)18-8-3-4-9-19(18)29(22)13-16-6-5-7-17(24)12-16/h3-9,12,15H,10-11,13-14H2,1-2H3,(H,25,30). The van der Waals surface area contributed by atoms with E-state index in [1.165, 1.54) is 11.8 Å². The number of thioether (sulfide) groups is 1. The first-order chi connectivity index (χ1) is 15.0. The van der Waals surface area contributed by atoms with Crippen LogP contribution in [-0.2, 0) is 11.3 Å². The van der Waals surface area contributed by atoms with Gasteiger partial charge in [-0.25, -0.2) is 4.98 Å².